The molecule has 9 nitrogen and oxygen atoms in total. The third kappa shape index (κ3) is 3.76. The average molecular weight is 503 g/mol. The largest absolute Gasteiger partial charge is 0.423 e. The van der Waals surface area contributed by atoms with E-state index in [2.05, 4.69) is 10.2 Å². The van der Waals surface area contributed by atoms with Crippen molar-refractivity contribution in [1.29, 1.82) is 0 Å². The lowest BCUT2D eigenvalue weighted by Crippen LogP contribution is -2.44. The van der Waals surface area contributed by atoms with Crippen LogP contribution in [0, 0.1) is 0 Å². The predicted molar refractivity (Wildman–Crippen MR) is 125 cm³/mol. The number of hydrogen-bond donors (Lipinski definition) is 0. The molecule has 0 saturated heterocycles. The van der Waals surface area contributed by atoms with Gasteiger partial charge in [0.05, 0.1) is 28.8 Å². The van der Waals surface area contributed by atoms with E-state index in [4.69, 9.17) is 32.7 Å². The molecule has 4 heterocycles. The number of carbonyl (C=O) groups is 2. The van der Waals surface area contributed by atoms with Crippen LogP contribution in [0.1, 0.15) is 70.7 Å². The quantitative estimate of drug-likeness (QED) is 0.535. The highest BCUT2D eigenvalue weighted by atomic mass is 35.5. The molecule has 0 fully saturated rings. The Kier molecular flexibility index (Phi) is 5.85. The maximum absolute atomic E-state index is 13.6. The highest BCUT2D eigenvalue weighted by Crippen LogP contribution is 2.32. The molecule has 2 aromatic heterocycles. The lowest BCUT2D eigenvalue weighted by Gasteiger charge is -2.34. The first-order chi connectivity index (χ1) is 16.3. The van der Waals surface area contributed by atoms with Gasteiger partial charge in [-0.25, -0.2) is 0 Å². The Bertz CT molecular complexity index is 1290. The number of aryl methyl sites for hydroxylation is 1. The minimum absolute atomic E-state index is 0.0811. The summed E-state index contributed by atoms with van der Waals surface area (Å²) in [6.07, 6.45) is 1.20. The van der Waals surface area contributed by atoms with Gasteiger partial charge in [-0.1, -0.05) is 30.1 Å². The van der Waals surface area contributed by atoms with Gasteiger partial charge in [-0.3, -0.25) is 14.3 Å². The molecule has 11 heteroatoms. The van der Waals surface area contributed by atoms with E-state index >= 15 is 0 Å². The minimum atomic E-state index is -0.365. The lowest BCUT2D eigenvalue weighted by molar-refractivity contribution is 0.0581. The van der Waals surface area contributed by atoms with Crippen molar-refractivity contribution in [3.8, 4) is 0 Å². The van der Waals surface area contributed by atoms with Crippen molar-refractivity contribution >= 4 is 35.0 Å². The van der Waals surface area contributed by atoms with Gasteiger partial charge in [0.15, 0.2) is 0 Å². The van der Waals surface area contributed by atoms with Crippen LogP contribution in [-0.4, -0.2) is 54.2 Å². The second kappa shape index (κ2) is 8.70. The van der Waals surface area contributed by atoms with Crippen LogP contribution < -0.4 is 0 Å². The number of hydrogen-bond acceptors (Lipinski definition) is 6. The zero-order chi connectivity index (χ0) is 24.1. The van der Waals surface area contributed by atoms with Gasteiger partial charge in [-0.05, 0) is 32.0 Å². The van der Waals surface area contributed by atoms with Crippen molar-refractivity contribution in [2.45, 2.75) is 58.8 Å². The van der Waals surface area contributed by atoms with Gasteiger partial charge in [-0.15, -0.1) is 10.2 Å². The Labute approximate surface area is 206 Å². The molecule has 1 aromatic carbocycles. The van der Waals surface area contributed by atoms with E-state index in [9.17, 15) is 9.59 Å². The summed E-state index contributed by atoms with van der Waals surface area (Å²) in [5.74, 6) is 0.639. The monoisotopic (exact) mass is 502 g/mol. The third-order valence-electron chi connectivity index (χ3n) is 6.54. The van der Waals surface area contributed by atoms with Crippen LogP contribution in [0.25, 0.3) is 0 Å². The lowest BCUT2D eigenvalue weighted by atomic mass is 9.97. The number of rotatable bonds is 4. The van der Waals surface area contributed by atoms with Crippen LogP contribution in [0.5, 0.6) is 0 Å². The summed E-state index contributed by atoms with van der Waals surface area (Å²) in [5, 5.41) is 13.6. The molecule has 0 aliphatic carbocycles. The fourth-order valence-corrected chi connectivity index (χ4v) is 4.88. The summed E-state index contributed by atoms with van der Waals surface area (Å²) in [5.41, 5.74) is 2.61. The molecule has 0 radical (unpaired) electrons. The average Bonchev–Trinajstić information content (AvgIpc) is 3.44. The van der Waals surface area contributed by atoms with Gasteiger partial charge < -0.3 is 14.2 Å². The molecule has 1 unspecified atom stereocenters. The fourth-order valence-electron chi connectivity index (χ4n) is 4.58. The summed E-state index contributed by atoms with van der Waals surface area (Å²) in [4.78, 5) is 30.4. The molecule has 2 amide bonds. The summed E-state index contributed by atoms with van der Waals surface area (Å²) in [7, 11) is 0. The SMILES string of the molecule is CCc1nnc(C(C)N2CCn3nc4c(c3C2=O)CN(C(=O)c2ccc(Cl)c(Cl)c2)[C@H](C)C4)o1. The molecule has 2 aliphatic rings. The summed E-state index contributed by atoms with van der Waals surface area (Å²) < 4.78 is 7.46. The van der Waals surface area contributed by atoms with Gasteiger partial charge >= 0.3 is 0 Å². The van der Waals surface area contributed by atoms with E-state index in [-0.39, 0.29) is 23.9 Å². The Balaban J connectivity index is 1.44. The van der Waals surface area contributed by atoms with Crippen LogP contribution in [0.4, 0.5) is 0 Å². The molecular formula is C23H24Cl2N6O3. The van der Waals surface area contributed by atoms with E-state index in [1.165, 1.54) is 0 Å². The molecule has 2 aliphatic heterocycles. The van der Waals surface area contributed by atoms with Crippen LogP contribution >= 0.6 is 23.2 Å². The zero-order valence-corrected chi connectivity index (χ0v) is 20.6. The second-order valence-corrected chi connectivity index (χ2v) is 9.49. The zero-order valence-electron chi connectivity index (χ0n) is 19.1. The Morgan fingerprint density at radius 2 is 2.03 bits per heavy atom. The van der Waals surface area contributed by atoms with Crippen molar-refractivity contribution < 1.29 is 14.0 Å². The Morgan fingerprint density at radius 3 is 2.74 bits per heavy atom. The van der Waals surface area contributed by atoms with Gasteiger partial charge in [-0.2, -0.15) is 5.10 Å². The molecule has 178 valence electrons. The highest BCUT2D eigenvalue weighted by molar-refractivity contribution is 6.42. The standard InChI is InChI=1S/C23H24Cl2N6O3/c1-4-19-26-27-21(34-19)13(3)29-7-8-31-20(23(29)33)15-11-30(12(2)9-18(15)28-31)22(32)14-5-6-16(24)17(25)10-14/h5-6,10,12-13H,4,7-9,11H2,1-3H3/t12-,13?/m1/s1. The molecule has 34 heavy (non-hydrogen) atoms. The first-order valence-electron chi connectivity index (χ1n) is 11.3. The van der Waals surface area contributed by atoms with Crippen molar-refractivity contribution in [3.05, 3.63) is 62.5 Å². The molecule has 0 N–H and O–H groups in total. The number of nitrogens with zero attached hydrogens (tertiary/aromatic N) is 6. The van der Waals surface area contributed by atoms with Gasteiger partial charge in [0.25, 0.3) is 11.8 Å². The van der Waals surface area contributed by atoms with Gasteiger partial charge in [0, 0.05) is 36.6 Å². The maximum atomic E-state index is 13.6. The minimum Gasteiger partial charge on any atom is -0.423 e. The molecule has 0 bridgehead atoms. The second-order valence-electron chi connectivity index (χ2n) is 8.67. The number of aromatic nitrogens is 4. The first-order valence-corrected chi connectivity index (χ1v) is 12.0. The maximum Gasteiger partial charge on any atom is 0.273 e. The Hall–Kier alpha value is -2.91. The fraction of sp³-hybridized carbons (Fsp3) is 0.435. The van der Waals surface area contributed by atoms with E-state index in [1.807, 2.05) is 20.8 Å². The summed E-state index contributed by atoms with van der Waals surface area (Å²) in [6, 6.07) is 4.41. The number of benzene rings is 1. The molecule has 0 saturated carbocycles. The normalized spacial score (nSPS) is 18.6. The van der Waals surface area contributed by atoms with Gasteiger partial charge in [0.2, 0.25) is 11.8 Å². The van der Waals surface area contributed by atoms with Crippen LogP contribution in [0.2, 0.25) is 10.0 Å². The van der Waals surface area contributed by atoms with Crippen LogP contribution in [-0.2, 0) is 25.9 Å². The van der Waals surface area contributed by atoms with E-state index < -0.39 is 0 Å². The smallest absolute Gasteiger partial charge is 0.273 e. The number of carbonyl (C=O) groups excluding carboxylic acids is 2. The van der Waals surface area contributed by atoms with Gasteiger partial charge in [0.1, 0.15) is 11.7 Å². The van der Waals surface area contributed by atoms with Crippen LogP contribution in [0.15, 0.2) is 22.6 Å². The van der Waals surface area contributed by atoms with Crippen molar-refractivity contribution in [1.82, 2.24) is 29.8 Å². The van der Waals surface area contributed by atoms with E-state index in [0.29, 0.717) is 65.6 Å². The van der Waals surface area contributed by atoms with Crippen molar-refractivity contribution in [2.75, 3.05) is 6.54 Å². The van der Waals surface area contributed by atoms with E-state index in [0.717, 1.165) is 11.3 Å². The number of fused-ring (bicyclic) bond motifs is 3. The first kappa shape index (κ1) is 22.9. The third-order valence-corrected chi connectivity index (χ3v) is 7.28. The topological polar surface area (TPSA) is 97.4 Å². The molecular weight excluding hydrogens is 479 g/mol. The van der Waals surface area contributed by atoms with E-state index in [1.54, 1.807) is 32.7 Å². The number of halogens is 2. The molecule has 2 atom stereocenters. The highest BCUT2D eigenvalue weighted by Gasteiger charge is 2.39. The Morgan fingerprint density at radius 1 is 1.24 bits per heavy atom. The van der Waals surface area contributed by atoms with Crippen molar-refractivity contribution in [3.63, 3.8) is 0 Å². The molecule has 5 rings (SSSR count). The predicted octanol–water partition coefficient (Wildman–Crippen LogP) is 3.94. The number of amides is 2. The van der Waals surface area contributed by atoms with Crippen LogP contribution in [0.3, 0.4) is 0 Å². The molecule has 0 spiro atoms. The summed E-state index contributed by atoms with van der Waals surface area (Å²) >= 11 is 12.1. The molecule has 3 aromatic rings. The summed E-state index contributed by atoms with van der Waals surface area (Å²) in [6.45, 7) is 7.13. The van der Waals surface area contributed by atoms with Crippen molar-refractivity contribution in [2.24, 2.45) is 0 Å².